The number of hydrogen-bond acceptors (Lipinski definition) is 7. The Kier molecular flexibility index (Phi) is 13.1. The van der Waals surface area contributed by atoms with Crippen LogP contribution < -0.4 is 16.2 Å². The van der Waals surface area contributed by atoms with Gasteiger partial charge >= 0.3 is 6.09 Å². The molecule has 1 saturated heterocycles. The standard InChI is InChI=1S/C38H46F2N4O5/c39-27-23-31(26-11-7-6-8-12-26)36(32(40)24-27)43-38(48)49-28-17-21-44(22-18-28)20-10-5-3-1-2-4-9-19-41-25-34(46)29-13-15-33(45)37-30(29)14-16-35(47)42-37/h6-8,11-16,23-24,28,34,41,45-46H,1-5,9-10,17-22,25H2,(H,42,47)(H,43,48)/t34-/m1/s1. The largest absolute Gasteiger partial charge is 0.506 e. The van der Waals surface area contributed by atoms with Gasteiger partial charge in [0.25, 0.3) is 0 Å². The number of nitrogens with zero attached hydrogens (tertiary/aromatic N) is 1. The molecule has 9 nitrogen and oxygen atoms in total. The minimum absolute atomic E-state index is 0.0192. The first kappa shape index (κ1) is 36.0. The summed E-state index contributed by atoms with van der Waals surface area (Å²) in [5, 5.41) is 27.2. The number of aliphatic hydroxyl groups is 1. The van der Waals surface area contributed by atoms with E-state index >= 15 is 0 Å². The summed E-state index contributed by atoms with van der Waals surface area (Å²) in [7, 11) is 0. The monoisotopic (exact) mass is 676 g/mol. The van der Waals surface area contributed by atoms with Crippen LogP contribution in [0.1, 0.15) is 69.5 Å². The normalized spacial score (nSPS) is 14.6. The van der Waals surface area contributed by atoms with Crippen molar-refractivity contribution in [3.8, 4) is 16.9 Å². The molecule has 0 aliphatic carbocycles. The number of nitrogens with one attached hydrogen (secondary N) is 3. The number of halogens is 2. The van der Waals surface area contributed by atoms with Crippen molar-refractivity contribution in [2.24, 2.45) is 0 Å². The molecule has 0 unspecified atom stereocenters. The number of hydrogen-bond donors (Lipinski definition) is 5. The molecule has 3 aromatic carbocycles. The molecule has 0 saturated carbocycles. The zero-order valence-corrected chi connectivity index (χ0v) is 27.7. The highest BCUT2D eigenvalue weighted by atomic mass is 19.1. The molecule has 1 amide bonds. The molecule has 1 aliphatic heterocycles. The van der Waals surface area contributed by atoms with Crippen LogP contribution >= 0.6 is 0 Å². The van der Waals surface area contributed by atoms with Crippen LogP contribution in [0.4, 0.5) is 19.3 Å². The first-order valence-electron chi connectivity index (χ1n) is 17.3. The van der Waals surface area contributed by atoms with Gasteiger partial charge in [-0.15, -0.1) is 0 Å². The number of phenolic OH excluding ortho intramolecular Hbond substituents is 1. The Labute approximate surface area is 285 Å². The van der Waals surface area contributed by atoms with Gasteiger partial charge in [0.05, 0.1) is 17.3 Å². The topological polar surface area (TPSA) is 127 Å². The van der Waals surface area contributed by atoms with Crippen molar-refractivity contribution < 1.29 is 28.5 Å². The van der Waals surface area contributed by atoms with E-state index in [2.05, 4.69) is 20.5 Å². The lowest BCUT2D eigenvalue weighted by Gasteiger charge is -2.31. The number of amides is 1. The second-order valence-corrected chi connectivity index (χ2v) is 12.7. The van der Waals surface area contributed by atoms with E-state index in [4.69, 9.17) is 4.74 Å². The summed E-state index contributed by atoms with van der Waals surface area (Å²) in [4.78, 5) is 29.3. The van der Waals surface area contributed by atoms with E-state index in [1.165, 1.54) is 43.9 Å². The Bertz CT molecular complexity index is 1730. The molecule has 5 N–H and O–H groups in total. The zero-order valence-electron chi connectivity index (χ0n) is 27.7. The Morgan fingerprint density at radius 2 is 1.65 bits per heavy atom. The summed E-state index contributed by atoms with van der Waals surface area (Å²) in [5.41, 5.74) is 1.45. The van der Waals surface area contributed by atoms with E-state index in [1.54, 1.807) is 36.4 Å². The van der Waals surface area contributed by atoms with E-state index in [1.807, 2.05) is 6.07 Å². The average molecular weight is 677 g/mol. The zero-order chi connectivity index (χ0) is 34.6. The highest BCUT2D eigenvalue weighted by Gasteiger charge is 2.24. The predicted molar refractivity (Wildman–Crippen MR) is 188 cm³/mol. The highest BCUT2D eigenvalue weighted by molar-refractivity contribution is 5.92. The number of aromatic hydroxyl groups is 1. The molecule has 1 atom stereocenters. The Morgan fingerprint density at radius 3 is 2.41 bits per heavy atom. The number of carbonyl (C=O) groups is 1. The van der Waals surface area contributed by atoms with Gasteiger partial charge in [-0.05, 0) is 68.1 Å². The molecule has 1 aliphatic rings. The van der Waals surface area contributed by atoms with E-state index in [0.29, 0.717) is 41.4 Å². The van der Waals surface area contributed by atoms with Gasteiger partial charge < -0.3 is 30.2 Å². The first-order chi connectivity index (χ1) is 23.8. The highest BCUT2D eigenvalue weighted by Crippen LogP contribution is 2.32. The number of aromatic nitrogens is 1. The number of rotatable bonds is 16. The predicted octanol–water partition coefficient (Wildman–Crippen LogP) is 7.25. The maximum absolute atomic E-state index is 14.7. The first-order valence-corrected chi connectivity index (χ1v) is 17.3. The van der Waals surface area contributed by atoms with E-state index < -0.39 is 23.8 Å². The average Bonchev–Trinajstić information content (AvgIpc) is 3.09. The summed E-state index contributed by atoms with van der Waals surface area (Å²) in [6.07, 6.45) is 7.66. The molecule has 49 heavy (non-hydrogen) atoms. The van der Waals surface area contributed by atoms with Gasteiger partial charge in [-0.2, -0.15) is 0 Å². The van der Waals surface area contributed by atoms with Crippen LogP contribution in [0.5, 0.6) is 5.75 Å². The minimum Gasteiger partial charge on any atom is -0.506 e. The number of aromatic amines is 1. The molecule has 0 bridgehead atoms. The van der Waals surface area contributed by atoms with Crippen molar-refractivity contribution in [3.63, 3.8) is 0 Å². The quantitative estimate of drug-likeness (QED) is 0.0792. The number of benzene rings is 3. The van der Waals surface area contributed by atoms with Gasteiger partial charge in [0.1, 0.15) is 23.5 Å². The number of likely N-dealkylation sites (tertiary alicyclic amines) is 1. The van der Waals surface area contributed by atoms with Crippen LogP contribution in [-0.4, -0.2) is 65.0 Å². The number of anilines is 1. The van der Waals surface area contributed by atoms with Gasteiger partial charge in [0.15, 0.2) is 0 Å². The van der Waals surface area contributed by atoms with Crippen molar-refractivity contribution in [1.29, 1.82) is 0 Å². The number of fused-ring (bicyclic) bond motifs is 1. The molecule has 11 heteroatoms. The Hall–Kier alpha value is -4.32. The maximum Gasteiger partial charge on any atom is 0.412 e. The molecule has 0 radical (unpaired) electrons. The van der Waals surface area contributed by atoms with Crippen LogP contribution in [-0.2, 0) is 4.74 Å². The van der Waals surface area contributed by atoms with Crippen molar-refractivity contribution in [3.05, 3.63) is 94.3 Å². The Balaban J connectivity index is 0.896. The molecule has 262 valence electrons. The minimum atomic E-state index is -0.850. The number of H-pyrrole nitrogens is 1. The van der Waals surface area contributed by atoms with Gasteiger partial charge in [0, 0.05) is 42.7 Å². The van der Waals surface area contributed by atoms with Crippen molar-refractivity contribution >= 4 is 22.7 Å². The van der Waals surface area contributed by atoms with E-state index in [0.717, 1.165) is 51.5 Å². The van der Waals surface area contributed by atoms with Crippen LogP contribution in [0.3, 0.4) is 0 Å². The lowest BCUT2D eigenvalue weighted by molar-refractivity contribution is 0.0584. The number of piperidine rings is 1. The summed E-state index contributed by atoms with van der Waals surface area (Å²) >= 11 is 0. The fraction of sp³-hybridized carbons (Fsp3) is 0.421. The van der Waals surface area contributed by atoms with Crippen LogP contribution in [0, 0.1) is 11.6 Å². The number of unbranched alkanes of at least 4 members (excludes halogenated alkanes) is 6. The Morgan fingerprint density at radius 1 is 0.939 bits per heavy atom. The summed E-state index contributed by atoms with van der Waals surface area (Å²) in [6, 6.07) is 16.9. The molecule has 5 rings (SSSR count). The lowest BCUT2D eigenvalue weighted by atomic mass is 10.0. The number of aliphatic hydroxyl groups excluding tert-OH is 1. The molecule has 2 heterocycles. The van der Waals surface area contributed by atoms with Gasteiger partial charge in [-0.1, -0.05) is 68.5 Å². The molecule has 1 fully saturated rings. The lowest BCUT2D eigenvalue weighted by Crippen LogP contribution is -2.38. The fourth-order valence-electron chi connectivity index (χ4n) is 6.45. The number of ether oxygens (including phenoxy) is 1. The fourth-order valence-corrected chi connectivity index (χ4v) is 6.45. The van der Waals surface area contributed by atoms with Gasteiger partial charge in [-0.25, -0.2) is 13.6 Å². The summed E-state index contributed by atoms with van der Waals surface area (Å²) in [5.74, 6) is -1.59. The number of phenols is 1. The molecular formula is C38H46F2N4O5. The number of pyridine rings is 1. The van der Waals surface area contributed by atoms with E-state index in [-0.39, 0.29) is 28.7 Å². The third-order valence-corrected chi connectivity index (χ3v) is 9.11. The molecule has 1 aromatic heterocycles. The van der Waals surface area contributed by atoms with Crippen molar-refractivity contribution in [2.75, 3.05) is 38.0 Å². The molecular weight excluding hydrogens is 630 g/mol. The SMILES string of the molecule is O=C(Nc1c(F)cc(F)cc1-c1ccccc1)OC1CCN(CCCCCCCCCNC[C@@H](O)c2ccc(O)c3[nH]c(=O)ccc23)CC1. The smallest absolute Gasteiger partial charge is 0.412 e. The third kappa shape index (κ3) is 10.3. The molecule has 4 aromatic rings. The summed E-state index contributed by atoms with van der Waals surface area (Å²) < 4.78 is 34.2. The van der Waals surface area contributed by atoms with E-state index in [9.17, 15) is 28.6 Å². The van der Waals surface area contributed by atoms with Crippen molar-refractivity contribution in [2.45, 2.75) is 70.0 Å². The van der Waals surface area contributed by atoms with Crippen molar-refractivity contribution in [1.82, 2.24) is 15.2 Å². The van der Waals surface area contributed by atoms with Crippen LogP contribution in [0.2, 0.25) is 0 Å². The van der Waals surface area contributed by atoms with Gasteiger partial charge in [-0.3, -0.25) is 10.1 Å². The maximum atomic E-state index is 14.7. The third-order valence-electron chi connectivity index (χ3n) is 9.11. The second kappa shape index (κ2) is 17.9. The second-order valence-electron chi connectivity index (χ2n) is 12.7. The number of carbonyl (C=O) groups excluding carboxylic acids is 1. The van der Waals surface area contributed by atoms with Crippen LogP contribution in [0.15, 0.2) is 71.5 Å². The summed E-state index contributed by atoms with van der Waals surface area (Å²) in [6.45, 7) is 3.88. The molecule has 0 spiro atoms. The van der Waals surface area contributed by atoms with Gasteiger partial charge in [0.2, 0.25) is 5.56 Å². The van der Waals surface area contributed by atoms with Crippen LogP contribution in [0.25, 0.3) is 22.0 Å².